The average molecular weight is 290 g/mol. The molecule has 2 amide bonds. The fourth-order valence-corrected chi connectivity index (χ4v) is 2.23. The maximum atomic E-state index is 12.1. The highest BCUT2D eigenvalue weighted by Crippen LogP contribution is 2.28. The van der Waals surface area contributed by atoms with E-state index >= 15 is 0 Å². The molecule has 1 aromatic rings. The lowest BCUT2D eigenvalue weighted by Crippen LogP contribution is -2.29. The summed E-state index contributed by atoms with van der Waals surface area (Å²) in [6, 6.07) is 5.41. The summed E-state index contributed by atoms with van der Waals surface area (Å²) in [5.41, 5.74) is 7.79. The van der Waals surface area contributed by atoms with E-state index in [4.69, 9.17) is 5.73 Å². The third-order valence-corrected chi connectivity index (χ3v) is 3.50. The zero-order valence-corrected chi connectivity index (χ0v) is 12.5. The van der Waals surface area contributed by atoms with Crippen molar-refractivity contribution in [1.29, 1.82) is 0 Å². The van der Waals surface area contributed by atoms with Crippen LogP contribution in [-0.4, -0.2) is 38.0 Å². The van der Waals surface area contributed by atoms with Crippen LogP contribution in [0, 0.1) is 0 Å². The molecule has 21 heavy (non-hydrogen) atoms. The van der Waals surface area contributed by atoms with Gasteiger partial charge in [-0.15, -0.1) is 0 Å². The van der Waals surface area contributed by atoms with Crippen LogP contribution in [0.3, 0.4) is 0 Å². The van der Waals surface area contributed by atoms with Gasteiger partial charge < -0.3 is 21.3 Å². The monoisotopic (exact) mass is 290 g/mol. The number of anilines is 2. The predicted octanol–water partition coefficient (Wildman–Crippen LogP) is 0.932. The Kier molecular flexibility index (Phi) is 4.80. The van der Waals surface area contributed by atoms with Gasteiger partial charge in [0.2, 0.25) is 5.91 Å². The van der Waals surface area contributed by atoms with E-state index in [0.717, 1.165) is 12.1 Å². The molecule has 0 aliphatic carbocycles. The Morgan fingerprint density at radius 3 is 3.00 bits per heavy atom. The molecule has 6 heteroatoms. The van der Waals surface area contributed by atoms with E-state index in [1.165, 1.54) is 0 Å². The average Bonchev–Trinajstić information content (AvgIpc) is 2.57. The van der Waals surface area contributed by atoms with Crippen LogP contribution in [0.5, 0.6) is 0 Å². The number of hydrogen-bond donors (Lipinski definition) is 3. The summed E-state index contributed by atoms with van der Waals surface area (Å²) in [7, 11) is 1.93. The van der Waals surface area contributed by atoms with Crippen LogP contribution in [-0.2, 0) is 4.79 Å². The highest BCUT2D eigenvalue weighted by atomic mass is 16.2. The van der Waals surface area contributed by atoms with Crippen molar-refractivity contribution in [3.63, 3.8) is 0 Å². The number of nitrogens with zero attached hydrogens (tertiary/aromatic N) is 1. The van der Waals surface area contributed by atoms with Gasteiger partial charge in [-0.1, -0.05) is 0 Å². The quantitative estimate of drug-likeness (QED) is 0.770. The van der Waals surface area contributed by atoms with Crippen molar-refractivity contribution in [3.8, 4) is 0 Å². The third-order valence-electron chi connectivity index (χ3n) is 3.50. The van der Waals surface area contributed by atoms with E-state index in [1.807, 2.05) is 24.9 Å². The number of hydrogen-bond acceptors (Lipinski definition) is 4. The first-order valence-corrected chi connectivity index (χ1v) is 7.16. The molecule has 0 fully saturated rings. The number of rotatable bonds is 4. The minimum absolute atomic E-state index is 0.0323. The van der Waals surface area contributed by atoms with Crippen molar-refractivity contribution < 1.29 is 9.59 Å². The van der Waals surface area contributed by atoms with E-state index in [0.29, 0.717) is 30.8 Å². The zero-order chi connectivity index (χ0) is 15.4. The number of carbonyl (C=O) groups is 2. The Hall–Kier alpha value is -2.08. The highest BCUT2D eigenvalue weighted by Gasteiger charge is 2.18. The Morgan fingerprint density at radius 2 is 2.29 bits per heavy atom. The van der Waals surface area contributed by atoms with E-state index < -0.39 is 0 Å². The molecule has 1 heterocycles. The van der Waals surface area contributed by atoms with Gasteiger partial charge in [-0.3, -0.25) is 9.59 Å². The lowest BCUT2D eigenvalue weighted by atomic mass is 10.1. The van der Waals surface area contributed by atoms with Crippen LogP contribution < -0.4 is 21.3 Å². The summed E-state index contributed by atoms with van der Waals surface area (Å²) in [4.78, 5) is 25.8. The Balaban J connectivity index is 2.12. The standard InChI is InChI=1S/C15H22N4O2/c1-10(16)5-7-17-15(21)11-3-4-13-12(9-11)18-14(20)6-8-19(13)2/h3-4,9-10H,5-8,16H2,1-2H3,(H,17,21)(H,18,20). The second kappa shape index (κ2) is 6.58. The van der Waals surface area contributed by atoms with Crippen molar-refractivity contribution >= 4 is 23.2 Å². The third kappa shape index (κ3) is 3.95. The van der Waals surface area contributed by atoms with Gasteiger partial charge in [0.05, 0.1) is 11.4 Å². The second-order valence-corrected chi connectivity index (χ2v) is 5.47. The molecule has 0 bridgehead atoms. The van der Waals surface area contributed by atoms with Crippen LogP contribution in [0.4, 0.5) is 11.4 Å². The van der Waals surface area contributed by atoms with Crippen molar-refractivity contribution in [2.75, 3.05) is 30.4 Å². The summed E-state index contributed by atoms with van der Waals surface area (Å²) in [6.45, 7) is 3.11. The van der Waals surface area contributed by atoms with E-state index in [-0.39, 0.29) is 17.9 Å². The number of carbonyl (C=O) groups excluding carboxylic acids is 2. The smallest absolute Gasteiger partial charge is 0.251 e. The molecule has 0 aromatic heterocycles. The number of fused-ring (bicyclic) bond motifs is 1. The first-order valence-electron chi connectivity index (χ1n) is 7.16. The highest BCUT2D eigenvalue weighted by molar-refractivity contribution is 6.00. The lowest BCUT2D eigenvalue weighted by Gasteiger charge is -2.18. The SMILES string of the molecule is CC(N)CCNC(=O)c1ccc2c(c1)NC(=O)CCN2C. The molecule has 2 rings (SSSR count). The summed E-state index contributed by atoms with van der Waals surface area (Å²) in [5, 5.41) is 5.67. The van der Waals surface area contributed by atoms with Gasteiger partial charge in [0.1, 0.15) is 0 Å². The molecule has 1 aliphatic rings. The molecule has 114 valence electrons. The molecule has 0 saturated carbocycles. The molecule has 6 nitrogen and oxygen atoms in total. The second-order valence-electron chi connectivity index (χ2n) is 5.47. The van der Waals surface area contributed by atoms with Gasteiger partial charge in [-0.2, -0.15) is 0 Å². The Morgan fingerprint density at radius 1 is 1.52 bits per heavy atom. The van der Waals surface area contributed by atoms with Crippen LogP contribution in [0.2, 0.25) is 0 Å². The van der Waals surface area contributed by atoms with Gasteiger partial charge in [0.15, 0.2) is 0 Å². The molecular formula is C15H22N4O2. The molecule has 0 spiro atoms. The van der Waals surface area contributed by atoms with Crippen molar-refractivity contribution in [2.24, 2.45) is 5.73 Å². The van der Waals surface area contributed by atoms with Crippen LogP contribution in [0.25, 0.3) is 0 Å². The molecule has 0 saturated heterocycles. The van der Waals surface area contributed by atoms with Gasteiger partial charge in [-0.25, -0.2) is 0 Å². The van der Waals surface area contributed by atoms with Crippen molar-refractivity contribution in [3.05, 3.63) is 23.8 Å². The van der Waals surface area contributed by atoms with Crippen LogP contribution in [0.1, 0.15) is 30.1 Å². The molecule has 0 radical (unpaired) electrons. The number of nitrogens with two attached hydrogens (primary N) is 1. The number of benzene rings is 1. The van der Waals surface area contributed by atoms with E-state index in [9.17, 15) is 9.59 Å². The first-order chi connectivity index (χ1) is 9.97. The van der Waals surface area contributed by atoms with Crippen LogP contribution >= 0.6 is 0 Å². The normalized spacial score (nSPS) is 15.8. The summed E-state index contributed by atoms with van der Waals surface area (Å²) < 4.78 is 0. The minimum Gasteiger partial charge on any atom is -0.372 e. The van der Waals surface area contributed by atoms with E-state index in [2.05, 4.69) is 10.6 Å². The largest absolute Gasteiger partial charge is 0.372 e. The molecule has 1 aromatic carbocycles. The molecule has 1 unspecified atom stereocenters. The zero-order valence-electron chi connectivity index (χ0n) is 12.5. The molecule has 1 atom stereocenters. The summed E-state index contributed by atoms with van der Waals surface area (Å²) >= 11 is 0. The molecular weight excluding hydrogens is 268 g/mol. The summed E-state index contributed by atoms with van der Waals surface area (Å²) in [6.07, 6.45) is 1.18. The minimum atomic E-state index is -0.153. The van der Waals surface area contributed by atoms with Crippen molar-refractivity contribution in [1.82, 2.24) is 5.32 Å². The van der Waals surface area contributed by atoms with Gasteiger partial charge in [0, 0.05) is 38.2 Å². The predicted molar refractivity (Wildman–Crippen MR) is 83.6 cm³/mol. The summed E-state index contributed by atoms with van der Waals surface area (Å²) in [5.74, 6) is -0.185. The van der Waals surface area contributed by atoms with Gasteiger partial charge in [-0.05, 0) is 31.5 Å². The van der Waals surface area contributed by atoms with Crippen LogP contribution in [0.15, 0.2) is 18.2 Å². The Labute approximate surface area is 124 Å². The van der Waals surface area contributed by atoms with Crippen molar-refractivity contribution in [2.45, 2.75) is 25.8 Å². The fraction of sp³-hybridized carbons (Fsp3) is 0.467. The molecule has 1 aliphatic heterocycles. The van der Waals surface area contributed by atoms with E-state index in [1.54, 1.807) is 12.1 Å². The topological polar surface area (TPSA) is 87.5 Å². The van der Waals surface area contributed by atoms with Gasteiger partial charge >= 0.3 is 0 Å². The molecule has 4 N–H and O–H groups in total. The maximum Gasteiger partial charge on any atom is 0.251 e. The fourth-order valence-electron chi connectivity index (χ4n) is 2.23. The Bertz CT molecular complexity index is 542. The number of nitrogens with one attached hydrogen (secondary N) is 2. The lowest BCUT2D eigenvalue weighted by molar-refractivity contribution is -0.115. The van der Waals surface area contributed by atoms with Gasteiger partial charge in [0.25, 0.3) is 5.91 Å². The number of amides is 2. The first kappa shape index (κ1) is 15.3. The maximum absolute atomic E-state index is 12.1.